The minimum Gasteiger partial charge on any atom is -0.481 e. The maximum atomic E-state index is 11.2. The number of hydrogen-bond donors (Lipinski definition) is 1. The average Bonchev–Trinajstić information content (AvgIpc) is 3.07. The molecule has 1 fully saturated rings. The third kappa shape index (κ3) is 2.97. The van der Waals surface area contributed by atoms with Crippen LogP contribution in [0.3, 0.4) is 0 Å². The van der Waals surface area contributed by atoms with Crippen molar-refractivity contribution in [2.24, 2.45) is 11.8 Å². The standard InChI is InChI=1S/C16H19N3O2/c1-12-8-18(11-15(12)16(20)21)9-13-7-17-19(10-13)14-5-3-2-4-6-14/h2-7,10,12,15H,8-9,11H2,1H3,(H,20,21). The molecular formula is C16H19N3O2. The van der Waals surface area contributed by atoms with E-state index in [1.54, 1.807) is 0 Å². The molecule has 0 radical (unpaired) electrons. The first-order valence-corrected chi connectivity index (χ1v) is 7.17. The Labute approximate surface area is 123 Å². The van der Waals surface area contributed by atoms with Crippen molar-refractivity contribution in [3.63, 3.8) is 0 Å². The third-order valence-corrected chi connectivity index (χ3v) is 4.07. The number of hydrogen-bond acceptors (Lipinski definition) is 3. The number of carboxylic acid groups (broad SMARTS) is 1. The van der Waals surface area contributed by atoms with Crippen molar-refractivity contribution in [2.75, 3.05) is 13.1 Å². The molecule has 1 N–H and O–H groups in total. The number of carbonyl (C=O) groups is 1. The van der Waals surface area contributed by atoms with E-state index >= 15 is 0 Å². The van der Waals surface area contributed by atoms with E-state index in [1.807, 2.05) is 54.3 Å². The molecule has 0 spiro atoms. The van der Waals surface area contributed by atoms with Crippen molar-refractivity contribution in [1.29, 1.82) is 0 Å². The van der Waals surface area contributed by atoms with Gasteiger partial charge in [-0.25, -0.2) is 4.68 Å². The van der Waals surface area contributed by atoms with E-state index in [0.29, 0.717) is 6.54 Å². The van der Waals surface area contributed by atoms with Crippen LogP contribution in [-0.2, 0) is 11.3 Å². The van der Waals surface area contributed by atoms with Crippen molar-refractivity contribution >= 4 is 5.97 Å². The fraction of sp³-hybridized carbons (Fsp3) is 0.375. The summed E-state index contributed by atoms with van der Waals surface area (Å²) < 4.78 is 1.85. The molecule has 0 amide bonds. The Hall–Kier alpha value is -2.14. The summed E-state index contributed by atoms with van der Waals surface area (Å²) in [6, 6.07) is 9.96. The number of rotatable bonds is 4. The molecule has 5 nitrogen and oxygen atoms in total. The van der Waals surface area contributed by atoms with Crippen molar-refractivity contribution in [1.82, 2.24) is 14.7 Å². The second-order valence-electron chi connectivity index (χ2n) is 5.74. The van der Waals surface area contributed by atoms with Crippen LogP contribution in [-0.4, -0.2) is 38.8 Å². The third-order valence-electron chi connectivity index (χ3n) is 4.07. The summed E-state index contributed by atoms with van der Waals surface area (Å²) in [4.78, 5) is 13.3. The molecule has 2 atom stereocenters. The molecule has 0 bridgehead atoms. The van der Waals surface area contributed by atoms with Crippen LogP contribution in [0.4, 0.5) is 0 Å². The number of carboxylic acids is 1. The predicted octanol–water partition coefficient (Wildman–Crippen LogP) is 2.02. The molecule has 21 heavy (non-hydrogen) atoms. The number of benzene rings is 1. The minimum absolute atomic E-state index is 0.201. The van der Waals surface area contributed by atoms with Gasteiger partial charge >= 0.3 is 5.97 Å². The molecule has 2 unspecified atom stereocenters. The summed E-state index contributed by atoms with van der Waals surface area (Å²) in [7, 11) is 0. The minimum atomic E-state index is -0.690. The quantitative estimate of drug-likeness (QED) is 0.933. The second kappa shape index (κ2) is 5.69. The fourth-order valence-corrected chi connectivity index (χ4v) is 2.94. The zero-order valence-electron chi connectivity index (χ0n) is 12.0. The highest BCUT2D eigenvalue weighted by Gasteiger charge is 2.34. The molecule has 1 saturated heterocycles. The highest BCUT2D eigenvalue weighted by atomic mass is 16.4. The van der Waals surface area contributed by atoms with E-state index in [0.717, 1.165) is 24.3 Å². The molecule has 2 heterocycles. The number of aliphatic carboxylic acids is 1. The lowest BCUT2D eigenvalue weighted by Crippen LogP contribution is -2.23. The van der Waals surface area contributed by atoms with Gasteiger partial charge in [-0.3, -0.25) is 9.69 Å². The normalized spacial score (nSPS) is 22.5. The molecule has 110 valence electrons. The smallest absolute Gasteiger partial charge is 0.308 e. The molecule has 1 aromatic carbocycles. The molecule has 2 aromatic rings. The lowest BCUT2D eigenvalue weighted by Gasteiger charge is -2.13. The van der Waals surface area contributed by atoms with Gasteiger partial charge in [-0.15, -0.1) is 0 Å². The summed E-state index contributed by atoms with van der Waals surface area (Å²) in [5.74, 6) is -0.745. The Bertz CT molecular complexity index is 623. The zero-order chi connectivity index (χ0) is 14.8. The van der Waals surface area contributed by atoms with E-state index < -0.39 is 5.97 Å². The second-order valence-corrected chi connectivity index (χ2v) is 5.74. The topological polar surface area (TPSA) is 58.4 Å². The largest absolute Gasteiger partial charge is 0.481 e. The predicted molar refractivity (Wildman–Crippen MR) is 79.1 cm³/mol. The van der Waals surface area contributed by atoms with Crippen LogP contribution in [0.25, 0.3) is 5.69 Å². The number of likely N-dealkylation sites (tertiary alicyclic amines) is 1. The number of aromatic nitrogens is 2. The van der Waals surface area contributed by atoms with Crippen LogP contribution < -0.4 is 0 Å². The van der Waals surface area contributed by atoms with E-state index in [4.69, 9.17) is 0 Å². The summed E-state index contributed by atoms with van der Waals surface area (Å²) >= 11 is 0. The first-order valence-electron chi connectivity index (χ1n) is 7.17. The zero-order valence-corrected chi connectivity index (χ0v) is 12.0. The van der Waals surface area contributed by atoms with Crippen LogP contribution in [0.5, 0.6) is 0 Å². The lowest BCUT2D eigenvalue weighted by molar-refractivity contribution is -0.142. The Morgan fingerprint density at radius 1 is 1.33 bits per heavy atom. The molecule has 3 rings (SSSR count). The van der Waals surface area contributed by atoms with Crippen LogP contribution in [0, 0.1) is 11.8 Å². The maximum absolute atomic E-state index is 11.2. The van der Waals surface area contributed by atoms with Crippen LogP contribution in [0.1, 0.15) is 12.5 Å². The molecule has 0 aliphatic carbocycles. The van der Waals surface area contributed by atoms with Gasteiger partial charge in [0.2, 0.25) is 0 Å². The summed E-state index contributed by atoms with van der Waals surface area (Å²) in [5, 5.41) is 13.6. The van der Waals surface area contributed by atoms with Crippen molar-refractivity contribution < 1.29 is 9.90 Å². The summed E-state index contributed by atoms with van der Waals surface area (Å²) in [6.07, 6.45) is 3.86. The highest BCUT2D eigenvalue weighted by molar-refractivity contribution is 5.71. The lowest BCUT2D eigenvalue weighted by atomic mass is 9.99. The van der Waals surface area contributed by atoms with Gasteiger partial charge in [0, 0.05) is 31.4 Å². The van der Waals surface area contributed by atoms with E-state index in [1.165, 1.54) is 0 Å². The van der Waals surface area contributed by atoms with Crippen molar-refractivity contribution in [3.05, 3.63) is 48.3 Å². The maximum Gasteiger partial charge on any atom is 0.308 e. The van der Waals surface area contributed by atoms with E-state index in [-0.39, 0.29) is 11.8 Å². The monoisotopic (exact) mass is 285 g/mol. The molecule has 1 aliphatic rings. The Morgan fingerprint density at radius 2 is 2.10 bits per heavy atom. The average molecular weight is 285 g/mol. The first-order chi connectivity index (χ1) is 10.1. The SMILES string of the molecule is CC1CN(Cc2cnn(-c3ccccc3)c2)CC1C(=O)O. The van der Waals surface area contributed by atoms with Gasteiger partial charge in [0.1, 0.15) is 0 Å². The van der Waals surface area contributed by atoms with Gasteiger partial charge in [0.05, 0.1) is 17.8 Å². The van der Waals surface area contributed by atoms with Gasteiger partial charge < -0.3 is 5.11 Å². The van der Waals surface area contributed by atoms with Crippen molar-refractivity contribution in [3.8, 4) is 5.69 Å². The molecule has 0 saturated carbocycles. The molecule has 5 heteroatoms. The number of para-hydroxylation sites is 1. The highest BCUT2D eigenvalue weighted by Crippen LogP contribution is 2.24. The van der Waals surface area contributed by atoms with Gasteiger partial charge in [-0.1, -0.05) is 25.1 Å². The summed E-state index contributed by atoms with van der Waals surface area (Å²) in [5.41, 5.74) is 2.14. The molecular weight excluding hydrogens is 266 g/mol. The van der Waals surface area contributed by atoms with Crippen LogP contribution >= 0.6 is 0 Å². The Balaban J connectivity index is 1.67. The van der Waals surface area contributed by atoms with Gasteiger partial charge in [0.25, 0.3) is 0 Å². The number of nitrogens with zero attached hydrogens (tertiary/aromatic N) is 3. The van der Waals surface area contributed by atoms with Gasteiger partial charge in [0.15, 0.2) is 0 Å². The first kappa shape index (κ1) is 13.8. The fourth-order valence-electron chi connectivity index (χ4n) is 2.94. The van der Waals surface area contributed by atoms with Gasteiger partial charge in [-0.2, -0.15) is 5.10 Å². The Kier molecular flexibility index (Phi) is 3.75. The Morgan fingerprint density at radius 3 is 2.76 bits per heavy atom. The summed E-state index contributed by atoms with van der Waals surface area (Å²) in [6.45, 7) is 4.20. The van der Waals surface area contributed by atoms with Gasteiger partial charge in [-0.05, 0) is 18.1 Å². The van der Waals surface area contributed by atoms with Crippen LogP contribution in [0.2, 0.25) is 0 Å². The molecule has 1 aromatic heterocycles. The van der Waals surface area contributed by atoms with E-state index in [2.05, 4.69) is 10.00 Å². The molecule has 1 aliphatic heterocycles. The van der Waals surface area contributed by atoms with E-state index in [9.17, 15) is 9.90 Å². The van der Waals surface area contributed by atoms with Crippen molar-refractivity contribution in [2.45, 2.75) is 13.5 Å². The van der Waals surface area contributed by atoms with Crippen LogP contribution in [0.15, 0.2) is 42.7 Å².